The molecule has 1 unspecified atom stereocenters. The molecule has 0 aromatic heterocycles. The molecule has 0 heterocycles. The standard InChI is InChI=1S/C16H20N2O/c1-12(13-7-9-15(17)10-8-13)18-11-16(19)14-5-3-2-4-6-14/h2-10,12,16,18-19H,11,17H2,1H3/t12?,16-/m0/s1. The smallest absolute Gasteiger partial charge is 0.0914 e. The van der Waals surface area contributed by atoms with E-state index in [0.29, 0.717) is 6.54 Å². The Kier molecular flexibility index (Phi) is 4.55. The fourth-order valence-corrected chi connectivity index (χ4v) is 1.98. The molecule has 0 fully saturated rings. The zero-order valence-corrected chi connectivity index (χ0v) is 11.1. The molecule has 0 aliphatic carbocycles. The molecule has 0 bridgehead atoms. The lowest BCUT2D eigenvalue weighted by atomic mass is 10.1. The third-order valence-electron chi connectivity index (χ3n) is 3.24. The first-order valence-electron chi connectivity index (χ1n) is 6.48. The summed E-state index contributed by atoms with van der Waals surface area (Å²) in [4.78, 5) is 0. The van der Waals surface area contributed by atoms with Crippen molar-refractivity contribution in [3.05, 3.63) is 65.7 Å². The molecule has 0 saturated heterocycles. The van der Waals surface area contributed by atoms with Gasteiger partial charge in [-0.25, -0.2) is 0 Å². The van der Waals surface area contributed by atoms with Gasteiger partial charge in [-0.05, 0) is 30.2 Å². The molecule has 3 heteroatoms. The lowest BCUT2D eigenvalue weighted by Gasteiger charge is -2.18. The number of hydrogen-bond donors (Lipinski definition) is 3. The second-order valence-electron chi connectivity index (χ2n) is 4.72. The molecule has 0 aliphatic rings. The van der Waals surface area contributed by atoms with Crippen LogP contribution in [-0.4, -0.2) is 11.7 Å². The zero-order valence-electron chi connectivity index (χ0n) is 11.1. The number of benzene rings is 2. The van der Waals surface area contributed by atoms with E-state index in [4.69, 9.17) is 5.73 Å². The van der Waals surface area contributed by atoms with Gasteiger partial charge in [-0.1, -0.05) is 42.5 Å². The third-order valence-corrected chi connectivity index (χ3v) is 3.24. The van der Waals surface area contributed by atoms with E-state index in [2.05, 4.69) is 12.2 Å². The summed E-state index contributed by atoms with van der Waals surface area (Å²) in [6.45, 7) is 2.60. The maximum absolute atomic E-state index is 10.1. The van der Waals surface area contributed by atoms with Gasteiger partial charge < -0.3 is 16.2 Å². The van der Waals surface area contributed by atoms with Crippen LogP contribution in [0.3, 0.4) is 0 Å². The molecule has 0 saturated carbocycles. The normalized spacial score (nSPS) is 14.0. The van der Waals surface area contributed by atoms with Gasteiger partial charge in [-0.15, -0.1) is 0 Å². The maximum atomic E-state index is 10.1. The van der Waals surface area contributed by atoms with Crippen LogP contribution in [0.25, 0.3) is 0 Å². The van der Waals surface area contributed by atoms with Gasteiger partial charge in [0.15, 0.2) is 0 Å². The summed E-state index contributed by atoms with van der Waals surface area (Å²) in [7, 11) is 0. The van der Waals surface area contributed by atoms with E-state index < -0.39 is 6.10 Å². The summed E-state index contributed by atoms with van der Waals surface area (Å²) < 4.78 is 0. The van der Waals surface area contributed by atoms with Crippen LogP contribution in [0.5, 0.6) is 0 Å². The van der Waals surface area contributed by atoms with Gasteiger partial charge >= 0.3 is 0 Å². The molecular weight excluding hydrogens is 236 g/mol. The predicted molar refractivity (Wildman–Crippen MR) is 78.7 cm³/mol. The van der Waals surface area contributed by atoms with Crippen molar-refractivity contribution in [2.45, 2.75) is 19.1 Å². The molecule has 2 rings (SSSR count). The van der Waals surface area contributed by atoms with Crippen molar-refractivity contribution in [1.82, 2.24) is 5.32 Å². The van der Waals surface area contributed by atoms with Crippen LogP contribution in [0.15, 0.2) is 54.6 Å². The number of nitrogen functional groups attached to an aromatic ring is 1. The molecule has 0 radical (unpaired) electrons. The molecule has 3 nitrogen and oxygen atoms in total. The fourth-order valence-electron chi connectivity index (χ4n) is 1.98. The molecule has 0 amide bonds. The summed E-state index contributed by atoms with van der Waals surface area (Å²) in [5.74, 6) is 0. The van der Waals surface area contributed by atoms with Crippen molar-refractivity contribution in [3.8, 4) is 0 Å². The average molecular weight is 256 g/mol. The lowest BCUT2D eigenvalue weighted by molar-refractivity contribution is 0.171. The Hall–Kier alpha value is -1.84. The van der Waals surface area contributed by atoms with Gasteiger partial charge in [0.1, 0.15) is 0 Å². The van der Waals surface area contributed by atoms with Crippen LogP contribution >= 0.6 is 0 Å². The summed E-state index contributed by atoms with van der Waals surface area (Å²) in [5.41, 5.74) is 8.52. The first-order valence-corrected chi connectivity index (χ1v) is 6.48. The molecule has 100 valence electrons. The van der Waals surface area contributed by atoms with E-state index >= 15 is 0 Å². The molecule has 0 spiro atoms. The number of anilines is 1. The van der Waals surface area contributed by atoms with E-state index in [0.717, 1.165) is 16.8 Å². The highest BCUT2D eigenvalue weighted by Crippen LogP contribution is 2.16. The molecule has 2 atom stereocenters. The molecule has 19 heavy (non-hydrogen) atoms. The van der Waals surface area contributed by atoms with Crippen LogP contribution in [0.1, 0.15) is 30.2 Å². The van der Waals surface area contributed by atoms with Crippen molar-refractivity contribution in [2.75, 3.05) is 12.3 Å². The van der Waals surface area contributed by atoms with Gasteiger partial charge in [-0.3, -0.25) is 0 Å². The topological polar surface area (TPSA) is 58.3 Å². The summed E-state index contributed by atoms with van der Waals surface area (Å²) in [5, 5.41) is 13.4. The van der Waals surface area contributed by atoms with E-state index in [-0.39, 0.29) is 6.04 Å². The third kappa shape index (κ3) is 3.81. The maximum Gasteiger partial charge on any atom is 0.0914 e. The Morgan fingerprint density at radius 2 is 1.63 bits per heavy atom. The fraction of sp³-hybridized carbons (Fsp3) is 0.250. The number of nitrogens with one attached hydrogen (secondary N) is 1. The summed E-state index contributed by atoms with van der Waals surface area (Å²) in [6.07, 6.45) is -0.488. The minimum absolute atomic E-state index is 0.180. The van der Waals surface area contributed by atoms with Crippen molar-refractivity contribution >= 4 is 5.69 Å². The van der Waals surface area contributed by atoms with Crippen molar-refractivity contribution < 1.29 is 5.11 Å². The second kappa shape index (κ2) is 6.36. The van der Waals surface area contributed by atoms with Crippen LogP contribution < -0.4 is 11.1 Å². The van der Waals surface area contributed by atoms with Gasteiger partial charge in [0.05, 0.1) is 6.10 Å². The Morgan fingerprint density at radius 1 is 1.00 bits per heavy atom. The number of aliphatic hydroxyl groups excluding tert-OH is 1. The molecular formula is C16H20N2O. The van der Waals surface area contributed by atoms with Crippen molar-refractivity contribution in [1.29, 1.82) is 0 Å². The minimum Gasteiger partial charge on any atom is -0.399 e. The van der Waals surface area contributed by atoms with Crippen LogP contribution in [0.4, 0.5) is 5.69 Å². The molecule has 0 aliphatic heterocycles. The summed E-state index contributed by atoms with van der Waals surface area (Å²) >= 11 is 0. The van der Waals surface area contributed by atoms with E-state index in [1.54, 1.807) is 0 Å². The Balaban J connectivity index is 1.90. The Morgan fingerprint density at radius 3 is 2.26 bits per heavy atom. The lowest BCUT2D eigenvalue weighted by Crippen LogP contribution is -2.24. The molecule has 2 aromatic carbocycles. The monoisotopic (exact) mass is 256 g/mol. The van der Waals surface area contributed by atoms with Gasteiger partial charge in [-0.2, -0.15) is 0 Å². The second-order valence-corrected chi connectivity index (χ2v) is 4.72. The van der Waals surface area contributed by atoms with Crippen LogP contribution in [-0.2, 0) is 0 Å². The molecule has 2 aromatic rings. The number of rotatable bonds is 5. The van der Waals surface area contributed by atoms with Gasteiger partial charge in [0.25, 0.3) is 0 Å². The first kappa shape index (κ1) is 13.6. The molecule has 4 N–H and O–H groups in total. The van der Waals surface area contributed by atoms with Crippen molar-refractivity contribution in [2.24, 2.45) is 0 Å². The minimum atomic E-state index is -0.488. The van der Waals surface area contributed by atoms with E-state index in [1.807, 2.05) is 54.6 Å². The Labute approximate surface area is 114 Å². The quantitative estimate of drug-likeness (QED) is 0.721. The Bertz CT molecular complexity index is 496. The zero-order chi connectivity index (χ0) is 13.7. The number of aliphatic hydroxyl groups is 1. The average Bonchev–Trinajstić information content (AvgIpc) is 2.46. The highest BCUT2D eigenvalue weighted by Gasteiger charge is 2.10. The predicted octanol–water partition coefficient (Wildman–Crippen LogP) is 2.65. The highest BCUT2D eigenvalue weighted by atomic mass is 16.3. The van der Waals surface area contributed by atoms with Crippen LogP contribution in [0.2, 0.25) is 0 Å². The number of hydrogen-bond acceptors (Lipinski definition) is 3. The van der Waals surface area contributed by atoms with E-state index in [1.165, 1.54) is 0 Å². The van der Waals surface area contributed by atoms with Crippen LogP contribution in [0, 0.1) is 0 Å². The van der Waals surface area contributed by atoms with Gasteiger partial charge in [0.2, 0.25) is 0 Å². The first-order chi connectivity index (χ1) is 9.16. The SMILES string of the molecule is CC(NC[C@H](O)c1ccccc1)c1ccc(N)cc1. The van der Waals surface area contributed by atoms with E-state index in [9.17, 15) is 5.11 Å². The van der Waals surface area contributed by atoms with Gasteiger partial charge in [0, 0.05) is 18.3 Å². The largest absolute Gasteiger partial charge is 0.399 e. The highest BCUT2D eigenvalue weighted by molar-refractivity contribution is 5.40. The van der Waals surface area contributed by atoms with Crippen molar-refractivity contribution in [3.63, 3.8) is 0 Å². The summed E-state index contributed by atoms with van der Waals surface area (Å²) in [6, 6.07) is 17.6. The number of nitrogens with two attached hydrogens (primary N) is 1.